The van der Waals surface area contributed by atoms with Crippen LogP contribution in [-0.4, -0.2) is 30.1 Å². The zero-order valence-corrected chi connectivity index (χ0v) is 9.82. The van der Waals surface area contributed by atoms with Gasteiger partial charge >= 0.3 is 6.03 Å². The molecule has 1 aliphatic carbocycles. The zero-order chi connectivity index (χ0) is 10.4. The minimum absolute atomic E-state index is 0.00981. The van der Waals surface area contributed by atoms with Crippen molar-refractivity contribution < 1.29 is 4.79 Å². The lowest BCUT2D eigenvalue weighted by Crippen LogP contribution is -2.48. The topological polar surface area (TPSA) is 41.1 Å². The summed E-state index contributed by atoms with van der Waals surface area (Å²) in [6.45, 7) is 2.10. The molecule has 1 atom stereocenters. The van der Waals surface area contributed by atoms with Crippen molar-refractivity contribution in [1.82, 2.24) is 10.6 Å². The highest BCUT2D eigenvalue weighted by Gasteiger charge is 2.20. The molecule has 1 unspecified atom stereocenters. The quantitative estimate of drug-likeness (QED) is 0.738. The lowest BCUT2D eigenvalue weighted by atomic mass is 9.93. The van der Waals surface area contributed by atoms with E-state index in [-0.39, 0.29) is 6.03 Å². The maximum atomic E-state index is 11.5. The number of nitrogens with one attached hydrogen (secondary N) is 2. The van der Waals surface area contributed by atoms with Gasteiger partial charge in [0.05, 0.1) is 0 Å². The second kappa shape index (κ2) is 6.17. The number of thioether (sulfide) groups is 1. The van der Waals surface area contributed by atoms with Crippen LogP contribution < -0.4 is 10.6 Å². The van der Waals surface area contributed by atoms with Gasteiger partial charge in [-0.1, -0.05) is 6.92 Å². The number of carbonyl (C=O) groups is 1. The Morgan fingerprint density at radius 2 is 2.29 bits per heavy atom. The number of rotatable bonds is 5. The predicted molar refractivity (Wildman–Crippen MR) is 61.8 cm³/mol. The maximum Gasteiger partial charge on any atom is 0.315 e. The van der Waals surface area contributed by atoms with Crippen LogP contribution in [0.2, 0.25) is 0 Å². The molecule has 0 radical (unpaired) electrons. The number of carbonyl (C=O) groups excluding carboxylic acids is 1. The van der Waals surface area contributed by atoms with Crippen LogP contribution in [0.5, 0.6) is 0 Å². The summed E-state index contributed by atoms with van der Waals surface area (Å²) in [5, 5.41) is 5.98. The third kappa shape index (κ3) is 3.78. The van der Waals surface area contributed by atoms with Crippen LogP contribution in [-0.2, 0) is 0 Å². The Morgan fingerprint density at radius 3 is 2.71 bits per heavy atom. The molecule has 0 aromatic carbocycles. The third-order valence-electron chi connectivity index (χ3n) is 2.64. The highest BCUT2D eigenvalue weighted by molar-refractivity contribution is 7.98. The van der Waals surface area contributed by atoms with Gasteiger partial charge in [0, 0.05) is 17.8 Å². The van der Waals surface area contributed by atoms with Crippen LogP contribution in [0.3, 0.4) is 0 Å². The lowest BCUT2D eigenvalue weighted by molar-refractivity contribution is 0.225. The molecule has 0 aliphatic heterocycles. The molecule has 1 rings (SSSR count). The Bertz CT molecular complexity index is 183. The number of hydrogen-bond acceptors (Lipinski definition) is 2. The second-order valence-corrected chi connectivity index (χ2v) is 4.72. The van der Waals surface area contributed by atoms with Gasteiger partial charge in [0.15, 0.2) is 0 Å². The molecule has 82 valence electrons. The average molecular weight is 216 g/mol. The van der Waals surface area contributed by atoms with E-state index in [0.29, 0.717) is 12.1 Å². The van der Waals surface area contributed by atoms with Crippen molar-refractivity contribution >= 4 is 17.8 Å². The fourth-order valence-electron chi connectivity index (χ4n) is 1.43. The van der Waals surface area contributed by atoms with E-state index < -0.39 is 0 Å². The maximum absolute atomic E-state index is 11.5. The lowest BCUT2D eigenvalue weighted by Gasteiger charge is -2.27. The fraction of sp³-hybridized carbons (Fsp3) is 0.900. The Balaban J connectivity index is 2.15. The Labute approximate surface area is 90.4 Å². The van der Waals surface area contributed by atoms with Crippen LogP contribution in [0, 0.1) is 0 Å². The molecule has 0 saturated heterocycles. The molecule has 1 fully saturated rings. The van der Waals surface area contributed by atoms with Crippen molar-refractivity contribution in [3.8, 4) is 0 Å². The summed E-state index contributed by atoms with van der Waals surface area (Å²) in [5.41, 5.74) is 0. The zero-order valence-electron chi connectivity index (χ0n) is 9.01. The van der Waals surface area contributed by atoms with Gasteiger partial charge in [0.1, 0.15) is 0 Å². The molecule has 0 spiro atoms. The first kappa shape index (κ1) is 11.7. The van der Waals surface area contributed by atoms with E-state index in [1.807, 2.05) is 0 Å². The van der Waals surface area contributed by atoms with Crippen molar-refractivity contribution in [2.45, 2.75) is 44.7 Å². The molecule has 0 aromatic heterocycles. The van der Waals surface area contributed by atoms with E-state index in [4.69, 9.17) is 0 Å². The molecule has 0 bridgehead atoms. The molecule has 4 heteroatoms. The number of amides is 2. The first-order valence-corrected chi connectivity index (χ1v) is 6.71. The monoisotopic (exact) mass is 216 g/mol. The fourth-order valence-corrected chi connectivity index (χ4v) is 2.15. The first-order chi connectivity index (χ1) is 6.76. The predicted octanol–water partition coefficient (Wildman–Crippen LogP) is 1.98. The highest BCUT2D eigenvalue weighted by Crippen LogP contribution is 2.17. The van der Waals surface area contributed by atoms with E-state index in [1.54, 1.807) is 11.8 Å². The van der Waals surface area contributed by atoms with E-state index in [2.05, 4.69) is 23.8 Å². The normalized spacial score (nSPS) is 18.4. The van der Waals surface area contributed by atoms with Gasteiger partial charge in [-0.05, 0) is 31.9 Å². The van der Waals surface area contributed by atoms with Gasteiger partial charge in [-0.2, -0.15) is 11.8 Å². The van der Waals surface area contributed by atoms with E-state index in [0.717, 1.165) is 25.0 Å². The SMILES string of the molecule is CCC(CSC)NC(=O)NC1CCC1. The minimum atomic E-state index is 0.00981. The van der Waals surface area contributed by atoms with Crippen molar-refractivity contribution in [3.05, 3.63) is 0 Å². The molecule has 0 heterocycles. The molecule has 0 aromatic rings. The van der Waals surface area contributed by atoms with Crippen LogP contribution in [0.25, 0.3) is 0 Å². The van der Waals surface area contributed by atoms with Gasteiger partial charge in [0.25, 0.3) is 0 Å². The molecule has 1 aliphatic rings. The van der Waals surface area contributed by atoms with Gasteiger partial charge in [-0.15, -0.1) is 0 Å². The van der Waals surface area contributed by atoms with E-state index in [9.17, 15) is 4.79 Å². The van der Waals surface area contributed by atoms with Crippen LogP contribution in [0.4, 0.5) is 4.79 Å². The second-order valence-electron chi connectivity index (χ2n) is 3.81. The van der Waals surface area contributed by atoms with E-state index in [1.165, 1.54) is 6.42 Å². The van der Waals surface area contributed by atoms with Gasteiger partial charge in [0.2, 0.25) is 0 Å². The summed E-state index contributed by atoms with van der Waals surface area (Å²) >= 11 is 1.77. The van der Waals surface area contributed by atoms with Crippen molar-refractivity contribution in [2.75, 3.05) is 12.0 Å². The summed E-state index contributed by atoms with van der Waals surface area (Å²) in [6, 6.07) is 0.752. The smallest absolute Gasteiger partial charge is 0.315 e. The third-order valence-corrected chi connectivity index (χ3v) is 3.37. The highest BCUT2D eigenvalue weighted by atomic mass is 32.2. The standard InChI is InChI=1S/C10H20N2OS/c1-3-8(7-14-2)11-10(13)12-9-5-4-6-9/h8-9H,3-7H2,1-2H3,(H2,11,12,13). The molecular formula is C10H20N2OS. The Kier molecular flexibility index (Phi) is 5.15. The van der Waals surface area contributed by atoms with Gasteiger partial charge in [-0.25, -0.2) is 4.79 Å². The molecule has 2 amide bonds. The number of urea groups is 1. The van der Waals surface area contributed by atoms with Crippen LogP contribution in [0.1, 0.15) is 32.6 Å². The molecular weight excluding hydrogens is 196 g/mol. The van der Waals surface area contributed by atoms with Crippen molar-refractivity contribution in [2.24, 2.45) is 0 Å². The summed E-state index contributed by atoms with van der Waals surface area (Å²) in [6.07, 6.45) is 6.61. The van der Waals surface area contributed by atoms with Crippen LogP contribution >= 0.6 is 11.8 Å². The molecule has 1 saturated carbocycles. The summed E-state index contributed by atoms with van der Waals surface area (Å²) in [5.74, 6) is 0.995. The summed E-state index contributed by atoms with van der Waals surface area (Å²) in [4.78, 5) is 11.5. The van der Waals surface area contributed by atoms with Gasteiger partial charge in [-0.3, -0.25) is 0 Å². The first-order valence-electron chi connectivity index (χ1n) is 5.32. The molecule has 3 nitrogen and oxygen atoms in total. The summed E-state index contributed by atoms with van der Waals surface area (Å²) in [7, 11) is 0. The average Bonchev–Trinajstić information content (AvgIpc) is 2.11. The Hall–Kier alpha value is -0.380. The van der Waals surface area contributed by atoms with Crippen LogP contribution in [0.15, 0.2) is 0 Å². The Morgan fingerprint density at radius 1 is 1.57 bits per heavy atom. The largest absolute Gasteiger partial charge is 0.335 e. The van der Waals surface area contributed by atoms with Crippen molar-refractivity contribution in [1.29, 1.82) is 0 Å². The van der Waals surface area contributed by atoms with E-state index >= 15 is 0 Å². The summed E-state index contributed by atoms with van der Waals surface area (Å²) < 4.78 is 0. The molecule has 14 heavy (non-hydrogen) atoms. The van der Waals surface area contributed by atoms with Gasteiger partial charge < -0.3 is 10.6 Å². The number of hydrogen-bond donors (Lipinski definition) is 2. The van der Waals surface area contributed by atoms with Crippen molar-refractivity contribution in [3.63, 3.8) is 0 Å². The minimum Gasteiger partial charge on any atom is -0.335 e. The molecule has 2 N–H and O–H groups in total.